The molecule has 2 aromatic heterocycles. The lowest BCUT2D eigenvalue weighted by atomic mass is 10.2. The van der Waals surface area contributed by atoms with Crippen LogP contribution in [0.4, 0.5) is 13.2 Å². The van der Waals surface area contributed by atoms with Gasteiger partial charge in [0.15, 0.2) is 0 Å². The summed E-state index contributed by atoms with van der Waals surface area (Å²) < 4.78 is 38.4. The van der Waals surface area contributed by atoms with Crippen LogP contribution in [0.25, 0.3) is 0 Å². The first-order valence-corrected chi connectivity index (χ1v) is 6.98. The lowest BCUT2D eigenvalue weighted by Gasteiger charge is -2.02. The Morgan fingerprint density at radius 3 is 2.85 bits per heavy atom. The monoisotopic (exact) mass is 302 g/mol. The van der Waals surface area contributed by atoms with Crippen LogP contribution in [0.15, 0.2) is 23.8 Å². The summed E-state index contributed by atoms with van der Waals surface area (Å²) >= 11 is 1.54. The van der Waals surface area contributed by atoms with E-state index in [-0.39, 0.29) is 5.56 Å². The van der Waals surface area contributed by atoms with Gasteiger partial charge in [0.1, 0.15) is 0 Å². The van der Waals surface area contributed by atoms with Gasteiger partial charge >= 0.3 is 6.18 Å². The van der Waals surface area contributed by atoms with Gasteiger partial charge in [-0.05, 0) is 18.9 Å². The Morgan fingerprint density at radius 1 is 1.45 bits per heavy atom. The van der Waals surface area contributed by atoms with Crippen LogP contribution in [0.2, 0.25) is 0 Å². The first kappa shape index (κ1) is 14.8. The van der Waals surface area contributed by atoms with E-state index in [0.29, 0.717) is 6.54 Å². The lowest BCUT2D eigenvalue weighted by molar-refractivity contribution is -0.0885. The molecule has 2 heterocycles. The quantitative estimate of drug-likeness (QED) is 0.790. The number of alkyl halides is 3. The zero-order chi connectivity index (χ0) is 14.8. The molecule has 20 heavy (non-hydrogen) atoms. The van der Waals surface area contributed by atoms with Gasteiger partial charge in [-0.2, -0.15) is 13.2 Å². The van der Waals surface area contributed by atoms with Gasteiger partial charge in [-0.15, -0.1) is 11.3 Å². The van der Waals surface area contributed by atoms with Crippen molar-refractivity contribution in [1.29, 1.82) is 0 Å². The molecule has 0 N–H and O–H groups in total. The van der Waals surface area contributed by atoms with Crippen LogP contribution in [0, 0.1) is 0 Å². The molecule has 0 saturated heterocycles. The fraction of sp³-hybridized carbons (Fsp3) is 0.385. The molecular weight excluding hydrogens is 289 g/mol. The van der Waals surface area contributed by atoms with Crippen molar-refractivity contribution in [1.82, 2.24) is 9.55 Å². The second kappa shape index (κ2) is 5.78. The first-order chi connectivity index (χ1) is 9.40. The number of carbonyl (C=O) groups is 1. The largest absolute Gasteiger partial charge is 0.454 e. The summed E-state index contributed by atoms with van der Waals surface area (Å²) in [6.07, 6.45) is -0.275. The van der Waals surface area contributed by atoms with E-state index in [9.17, 15) is 18.0 Å². The van der Waals surface area contributed by atoms with Crippen molar-refractivity contribution in [3.05, 3.63) is 40.1 Å². The molecule has 0 atom stereocenters. The normalized spacial score (nSPS) is 11.8. The fourth-order valence-electron chi connectivity index (χ4n) is 1.77. The van der Waals surface area contributed by atoms with E-state index < -0.39 is 12.0 Å². The number of hydrogen-bond donors (Lipinski definition) is 0. The summed E-state index contributed by atoms with van der Waals surface area (Å²) in [5.74, 6) is -1.82. The zero-order valence-corrected chi connectivity index (χ0v) is 11.6. The van der Waals surface area contributed by atoms with Gasteiger partial charge in [0, 0.05) is 23.3 Å². The smallest absolute Gasteiger partial charge is 0.348 e. The molecule has 0 unspecified atom stereocenters. The van der Waals surface area contributed by atoms with Crippen LogP contribution in [0.3, 0.4) is 0 Å². The van der Waals surface area contributed by atoms with Crippen molar-refractivity contribution in [3.63, 3.8) is 0 Å². The highest BCUT2D eigenvalue weighted by Crippen LogP contribution is 2.22. The minimum absolute atomic E-state index is 0.346. The van der Waals surface area contributed by atoms with Gasteiger partial charge in [0.2, 0.25) is 0 Å². The molecule has 0 aliphatic rings. The molecule has 0 fully saturated rings. The highest BCUT2D eigenvalue weighted by Gasteiger charge is 2.39. The number of aromatic nitrogens is 2. The summed E-state index contributed by atoms with van der Waals surface area (Å²) in [6.45, 7) is 2.42. The van der Waals surface area contributed by atoms with Crippen molar-refractivity contribution in [2.45, 2.75) is 32.5 Å². The molecule has 3 nitrogen and oxygen atoms in total. The third-order valence-electron chi connectivity index (χ3n) is 2.68. The maximum absolute atomic E-state index is 12.3. The Kier molecular flexibility index (Phi) is 4.27. The van der Waals surface area contributed by atoms with E-state index >= 15 is 0 Å². The van der Waals surface area contributed by atoms with Crippen molar-refractivity contribution in [3.8, 4) is 0 Å². The molecule has 2 rings (SSSR count). The van der Waals surface area contributed by atoms with Crippen LogP contribution in [0.1, 0.15) is 34.4 Å². The molecular formula is C13H13F3N2OS. The predicted molar refractivity (Wildman–Crippen MR) is 70.0 cm³/mol. The number of Topliss-reactive ketones (excluding diaryl/α,β-unsaturated/α-hetero) is 1. The number of rotatable bonds is 5. The minimum Gasteiger partial charge on any atom is -0.348 e. The Balaban J connectivity index is 2.07. The minimum atomic E-state index is -4.83. The average molecular weight is 302 g/mol. The van der Waals surface area contributed by atoms with E-state index in [1.165, 1.54) is 34.4 Å². The van der Waals surface area contributed by atoms with Crippen molar-refractivity contribution >= 4 is 17.1 Å². The number of halogens is 3. The van der Waals surface area contributed by atoms with E-state index in [1.54, 1.807) is 0 Å². The maximum Gasteiger partial charge on any atom is 0.454 e. The summed E-state index contributed by atoms with van der Waals surface area (Å²) in [6, 6.07) is 1.18. The van der Waals surface area contributed by atoms with Gasteiger partial charge in [-0.1, -0.05) is 6.92 Å². The Hall–Kier alpha value is -1.63. The molecule has 0 aromatic carbocycles. The van der Waals surface area contributed by atoms with Gasteiger partial charge in [-0.25, -0.2) is 4.98 Å². The molecule has 0 aliphatic carbocycles. The lowest BCUT2D eigenvalue weighted by Crippen LogP contribution is -2.22. The molecule has 0 bridgehead atoms. The summed E-state index contributed by atoms with van der Waals surface area (Å²) in [7, 11) is 0. The van der Waals surface area contributed by atoms with E-state index in [4.69, 9.17) is 0 Å². The van der Waals surface area contributed by atoms with Crippen LogP contribution in [0.5, 0.6) is 0 Å². The number of ketones is 1. The predicted octanol–water partition coefficient (Wildman–Crippen LogP) is 3.69. The summed E-state index contributed by atoms with van der Waals surface area (Å²) in [5.41, 5.74) is 0.446. The fourth-order valence-corrected chi connectivity index (χ4v) is 2.67. The molecule has 108 valence electrons. The van der Waals surface area contributed by atoms with Crippen molar-refractivity contribution in [2.75, 3.05) is 0 Å². The van der Waals surface area contributed by atoms with Crippen LogP contribution in [-0.2, 0) is 13.0 Å². The molecule has 0 saturated carbocycles. The van der Waals surface area contributed by atoms with E-state index in [2.05, 4.69) is 11.9 Å². The number of thiazole rings is 1. The Morgan fingerprint density at radius 2 is 2.20 bits per heavy atom. The number of aryl methyl sites for hydroxylation is 1. The van der Waals surface area contributed by atoms with Gasteiger partial charge in [0.05, 0.1) is 17.2 Å². The summed E-state index contributed by atoms with van der Waals surface area (Å²) in [5, 5.41) is 2.90. The second-order valence-electron chi connectivity index (χ2n) is 4.38. The summed E-state index contributed by atoms with van der Waals surface area (Å²) in [4.78, 5) is 15.5. The van der Waals surface area contributed by atoms with E-state index in [0.717, 1.165) is 23.5 Å². The molecule has 0 radical (unpaired) electrons. The highest BCUT2D eigenvalue weighted by atomic mass is 32.1. The van der Waals surface area contributed by atoms with Gasteiger partial charge < -0.3 is 4.57 Å². The topological polar surface area (TPSA) is 34.9 Å². The van der Waals surface area contributed by atoms with Crippen molar-refractivity contribution in [2.24, 2.45) is 0 Å². The molecule has 0 aliphatic heterocycles. The Labute approximate surface area is 118 Å². The van der Waals surface area contributed by atoms with Crippen molar-refractivity contribution < 1.29 is 18.0 Å². The second-order valence-corrected chi connectivity index (χ2v) is 5.32. The van der Waals surface area contributed by atoms with Gasteiger partial charge in [-0.3, -0.25) is 4.79 Å². The van der Waals surface area contributed by atoms with Crippen LogP contribution < -0.4 is 0 Å². The SMILES string of the molecule is CCCc1nc(Cn2ccc(C(=O)C(F)(F)F)c2)cs1. The number of carbonyl (C=O) groups excluding carboxylic acids is 1. The zero-order valence-electron chi connectivity index (χ0n) is 10.8. The average Bonchev–Trinajstić information content (AvgIpc) is 2.98. The molecule has 7 heteroatoms. The highest BCUT2D eigenvalue weighted by molar-refractivity contribution is 7.09. The Bertz CT molecular complexity index is 601. The van der Waals surface area contributed by atoms with E-state index in [1.807, 2.05) is 5.38 Å². The first-order valence-electron chi connectivity index (χ1n) is 6.10. The number of nitrogens with zero attached hydrogens (tertiary/aromatic N) is 2. The third-order valence-corrected chi connectivity index (χ3v) is 3.64. The molecule has 0 spiro atoms. The number of hydrogen-bond acceptors (Lipinski definition) is 3. The molecule has 0 amide bonds. The maximum atomic E-state index is 12.3. The van der Waals surface area contributed by atoms with Crippen LogP contribution >= 0.6 is 11.3 Å². The van der Waals surface area contributed by atoms with Gasteiger partial charge in [0.25, 0.3) is 5.78 Å². The third kappa shape index (κ3) is 3.47. The molecule has 2 aromatic rings. The van der Waals surface area contributed by atoms with Crippen LogP contribution in [-0.4, -0.2) is 21.5 Å². The standard InChI is InChI=1S/C13H13F3N2OS/c1-2-3-11-17-10(8-20-11)7-18-5-4-9(6-18)12(19)13(14,15)16/h4-6,8H,2-3,7H2,1H3.